The molecular formula is C16H14O6. The summed E-state index contributed by atoms with van der Waals surface area (Å²) in [5, 5.41) is 0.536. The van der Waals surface area contributed by atoms with Crippen molar-refractivity contribution in [1.82, 2.24) is 0 Å². The number of benzene rings is 1. The average Bonchev–Trinajstić information content (AvgIpc) is 2.47. The van der Waals surface area contributed by atoms with Gasteiger partial charge in [0.05, 0.1) is 0 Å². The van der Waals surface area contributed by atoms with Crippen molar-refractivity contribution in [2.24, 2.45) is 0 Å². The van der Waals surface area contributed by atoms with E-state index in [1.54, 1.807) is 6.92 Å². The van der Waals surface area contributed by atoms with Gasteiger partial charge in [0.1, 0.15) is 5.58 Å². The minimum Gasteiger partial charge on any atom is -0.423 e. The molecule has 0 spiro atoms. The number of hydrogen-bond acceptors (Lipinski definition) is 6. The second-order valence-electron chi connectivity index (χ2n) is 4.59. The van der Waals surface area contributed by atoms with Gasteiger partial charge in [0.15, 0.2) is 11.5 Å². The van der Waals surface area contributed by atoms with Gasteiger partial charge in [-0.15, -0.1) is 0 Å². The molecule has 0 aliphatic rings. The van der Waals surface area contributed by atoms with E-state index in [0.717, 1.165) is 0 Å². The number of hydrogen-bond donors (Lipinski definition) is 0. The van der Waals surface area contributed by atoms with Crippen molar-refractivity contribution in [2.75, 3.05) is 0 Å². The monoisotopic (exact) mass is 302 g/mol. The minimum absolute atomic E-state index is 0.0170. The van der Waals surface area contributed by atoms with Crippen molar-refractivity contribution in [2.45, 2.75) is 20.3 Å². The summed E-state index contributed by atoms with van der Waals surface area (Å²) >= 11 is 0. The summed E-state index contributed by atoms with van der Waals surface area (Å²) < 4.78 is 15.3. The van der Waals surface area contributed by atoms with Crippen molar-refractivity contribution >= 4 is 22.9 Å². The van der Waals surface area contributed by atoms with Crippen LogP contribution >= 0.6 is 0 Å². The van der Waals surface area contributed by atoms with Crippen molar-refractivity contribution in [3.8, 4) is 11.5 Å². The van der Waals surface area contributed by atoms with E-state index in [4.69, 9.17) is 13.9 Å². The molecule has 22 heavy (non-hydrogen) atoms. The van der Waals surface area contributed by atoms with Crippen LogP contribution in [-0.4, -0.2) is 11.9 Å². The average molecular weight is 302 g/mol. The molecular weight excluding hydrogens is 288 g/mol. The maximum absolute atomic E-state index is 11.7. The first-order chi connectivity index (χ1) is 10.4. The Morgan fingerprint density at radius 3 is 2.50 bits per heavy atom. The molecule has 0 aliphatic heterocycles. The zero-order chi connectivity index (χ0) is 16.3. The Bertz CT molecular complexity index is 815. The van der Waals surface area contributed by atoms with Crippen LogP contribution in [0.2, 0.25) is 0 Å². The predicted octanol–water partition coefficient (Wildman–Crippen LogP) is 2.59. The van der Waals surface area contributed by atoms with Gasteiger partial charge in [-0.1, -0.05) is 13.5 Å². The molecule has 6 heteroatoms. The first-order valence-corrected chi connectivity index (χ1v) is 6.57. The number of carbonyl (C=O) groups excluding carboxylic acids is 2. The van der Waals surface area contributed by atoms with Crippen LogP contribution < -0.4 is 15.1 Å². The predicted molar refractivity (Wildman–Crippen MR) is 78.9 cm³/mol. The molecule has 1 aromatic heterocycles. The SMILES string of the molecule is C=C(C)C(=O)Oc1cc2oc(=O)ccc2cc1OC(=O)CC. The quantitative estimate of drug-likeness (QED) is 0.373. The van der Waals surface area contributed by atoms with Gasteiger partial charge >= 0.3 is 17.6 Å². The number of rotatable bonds is 4. The second-order valence-corrected chi connectivity index (χ2v) is 4.59. The molecule has 2 rings (SSSR count). The van der Waals surface area contributed by atoms with Crippen molar-refractivity contribution in [3.05, 3.63) is 46.8 Å². The molecule has 0 N–H and O–H groups in total. The smallest absolute Gasteiger partial charge is 0.338 e. The van der Waals surface area contributed by atoms with E-state index in [-0.39, 0.29) is 29.1 Å². The van der Waals surface area contributed by atoms with Crippen LogP contribution in [0.25, 0.3) is 11.0 Å². The highest BCUT2D eigenvalue weighted by Crippen LogP contribution is 2.33. The Balaban J connectivity index is 2.54. The molecule has 6 nitrogen and oxygen atoms in total. The molecule has 0 saturated heterocycles. The van der Waals surface area contributed by atoms with Crippen molar-refractivity contribution < 1.29 is 23.5 Å². The van der Waals surface area contributed by atoms with Crippen LogP contribution in [0.15, 0.2) is 45.6 Å². The van der Waals surface area contributed by atoms with Gasteiger partial charge < -0.3 is 13.9 Å². The van der Waals surface area contributed by atoms with E-state index in [1.807, 2.05) is 0 Å². The lowest BCUT2D eigenvalue weighted by Gasteiger charge is -2.11. The Hall–Kier alpha value is -2.89. The summed E-state index contributed by atoms with van der Waals surface area (Å²) in [7, 11) is 0. The number of fused-ring (bicyclic) bond motifs is 1. The lowest BCUT2D eigenvalue weighted by atomic mass is 10.2. The van der Waals surface area contributed by atoms with Gasteiger partial charge in [0.2, 0.25) is 0 Å². The third-order valence-electron chi connectivity index (χ3n) is 2.75. The second kappa shape index (κ2) is 6.26. The lowest BCUT2D eigenvalue weighted by Crippen LogP contribution is -2.12. The molecule has 1 aromatic carbocycles. The molecule has 0 atom stereocenters. The molecule has 0 fully saturated rings. The summed E-state index contributed by atoms with van der Waals surface area (Å²) in [5.74, 6) is -1.10. The third kappa shape index (κ3) is 3.41. The molecule has 0 unspecified atom stereocenters. The maximum atomic E-state index is 11.7. The normalized spacial score (nSPS) is 10.3. The van der Waals surface area contributed by atoms with Gasteiger partial charge in [0.25, 0.3) is 0 Å². The molecule has 114 valence electrons. The first kappa shape index (κ1) is 15.5. The van der Waals surface area contributed by atoms with Crippen molar-refractivity contribution in [3.63, 3.8) is 0 Å². The molecule has 0 aliphatic carbocycles. The van der Waals surface area contributed by atoms with Gasteiger partial charge in [-0.25, -0.2) is 9.59 Å². The summed E-state index contributed by atoms with van der Waals surface area (Å²) in [6, 6.07) is 5.56. The van der Waals surface area contributed by atoms with Crippen LogP contribution in [0.3, 0.4) is 0 Å². The standard InChI is InChI=1S/C16H14O6/c1-4-14(17)21-12-7-10-5-6-15(18)20-11(10)8-13(12)22-16(19)9(2)3/h5-8H,2,4H2,1,3H3. The summed E-state index contributed by atoms with van der Waals surface area (Å²) in [5.41, 5.74) is -0.140. The minimum atomic E-state index is -0.675. The van der Waals surface area contributed by atoms with Gasteiger partial charge in [-0.2, -0.15) is 0 Å². The zero-order valence-electron chi connectivity index (χ0n) is 12.2. The van der Waals surface area contributed by atoms with Crippen LogP contribution in [0, 0.1) is 0 Å². The van der Waals surface area contributed by atoms with Crippen LogP contribution in [0.5, 0.6) is 11.5 Å². The largest absolute Gasteiger partial charge is 0.423 e. The maximum Gasteiger partial charge on any atom is 0.338 e. The van der Waals surface area contributed by atoms with Gasteiger partial charge in [0, 0.05) is 29.5 Å². The highest BCUT2D eigenvalue weighted by Gasteiger charge is 2.16. The summed E-state index contributed by atoms with van der Waals surface area (Å²) in [6.45, 7) is 6.61. The van der Waals surface area contributed by atoms with Gasteiger partial charge in [-0.05, 0) is 19.1 Å². The molecule has 2 aromatic rings. The molecule has 0 bridgehead atoms. The fourth-order valence-electron chi connectivity index (χ4n) is 1.62. The first-order valence-electron chi connectivity index (χ1n) is 6.57. The van der Waals surface area contributed by atoms with E-state index < -0.39 is 17.6 Å². The van der Waals surface area contributed by atoms with E-state index in [9.17, 15) is 14.4 Å². The molecule has 1 heterocycles. The summed E-state index contributed by atoms with van der Waals surface area (Å²) in [6.07, 6.45) is 0.162. The highest BCUT2D eigenvalue weighted by atomic mass is 16.6. The molecule has 0 radical (unpaired) electrons. The Morgan fingerprint density at radius 1 is 1.18 bits per heavy atom. The zero-order valence-corrected chi connectivity index (χ0v) is 12.2. The number of ether oxygens (including phenoxy) is 2. The van der Waals surface area contributed by atoms with E-state index in [1.165, 1.54) is 31.2 Å². The van der Waals surface area contributed by atoms with Crippen LogP contribution in [0.1, 0.15) is 20.3 Å². The fraction of sp³-hybridized carbons (Fsp3) is 0.188. The van der Waals surface area contributed by atoms with E-state index in [2.05, 4.69) is 6.58 Å². The number of esters is 2. The topological polar surface area (TPSA) is 82.8 Å². The van der Waals surface area contributed by atoms with Crippen LogP contribution in [-0.2, 0) is 9.59 Å². The van der Waals surface area contributed by atoms with Gasteiger partial charge in [-0.3, -0.25) is 4.79 Å². The van der Waals surface area contributed by atoms with E-state index in [0.29, 0.717) is 5.39 Å². The Labute approximate surface area is 125 Å². The van der Waals surface area contributed by atoms with E-state index >= 15 is 0 Å². The van der Waals surface area contributed by atoms with Crippen molar-refractivity contribution in [1.29, 1.82) is 0 Å². The fourth-order valence-corrected chi connectivity index (χ4v) is 1.62. The highest BCUT2D eigenvalue weighted by molar-refractivity contribution is 5.91. The Kier molecular flexibility index (Phi) is 4.41. The third-order valence-corrected chi connectivity index (χ3v) is 2.75. The summed E-state index contributed by atoms with van der Waals surface area (Å²) in [4.78, 5) is 34.4. The lowest BCUT2D eigenvalue weighted by molar-refractivity contribution is -0.135. The number of carbonyl (C=O) groups is 2. The molecule has 0 saturated carbocycles. The molecule has 0 amide bonds. The Morgan fingerprint density at radius 2 is 1.86 bits per heavy atom. The van der Waals surface area contributed by atoms with Crippen LogP contribution in [0.4, 0.5) is 0 Å².